The SMILES string of the molecule is CCOc1ccc(N2CC=C[C@H]3O[C@]45C=CCN(C(C)(C)CC(C)(C)C)C(=O)C4N([C@@H](CO)Cc4ccccc4)C(=O)[C@@H]5[C@H]3C2=O)cc1. The van der Waals surface area contributed by atoms with E-state index in [-0.39, 0.29) is 29.7 Å². The molecule has 1 N–H and O–H groups in total. The second-order valence-corrected chi connectivity index (χ2v) is 15.3. The van der Waals surface area contributed by atoms with Crippen molar-refractivity contribution < 1.29 is 29.0 Å². The molecule has 4 heterocycles. The molecule has 2 aromatic carbocycles. The molecule has 2 fully saturated rings. The molecular weight excluding hydrogens is 606 g/mol. The lowest BCUT2D eigenvalue weighted by Gasteiger charge is -2.45. The largest absolute Gasteiger partial charge is 0.494 e. The van der Waals surface area contributed by atoms with Crippen LogP contribution in [-0.4, -0.2) is 88.3 Å². The van der Waals surface area contributed by atoms with Crippen molar-refractivity contribution in [1.29, 1.82) is 0 Å². The molecular formula is C39H49N3O6. The highest BCUT2D eigenvalue weighted by Gasteiger charge is 2.73. The van der Waals surface area contributed by atoms with E-state index >= 15 is 4.79 Å². The first kappa shape index (κ1) is 33.9. The van der Waals surface area contributed by atoms with Gasteiger partial charge in [-0.05, 0) is 68.9 Å². The van der Waals surface area contributed by atoms with Gasteiger partial charge in [-0.25, -0.2) is 0 Å². The predicted octanol–water partition coefficient (Wildman–Crippen LogP) is 4.79. The van der Waals surface area contributed by atoms with Crippen LogP contribution in [0.4, 0.5) is 5.69 Å². The maximum Gasteiger partial charge on any atom is 0.249 e. The van der Waals surface area contributed by atoms with Gasteiger partial charge in [0.2, 0.25) is 17.7 Å². The van der Waals surface area contributed by atoms with Gasteiger partial charge in [0.25, 0.3) is 0 Å². The molecule has 4 aliphatic rings. The van der Waals surface area contributed by atoms with Crippen molar-refractivity contribution >= 4 is 23.4 Å². The summed E-state index contributed by atoms with van der Waals surface area (Å²) in [5.74, 6) is -1.91. The highest BCUT2D eigenvalue weighted by molar-refractivity contribution is 6.04. The van der Waals surface area contributed by atoms with Crippen LogP contribution in [0, 0.1) is 17.3 Å². The average molecular weight is 656 g/mol. The Hall–Kier alpha value is -3.95. The fourth-order valence-electron chi connectivity index (χ4n) is 8.67. The smallest absolute Gasteiger partial charge is 0.249 e. The van der Waals surface area contributed by atoms with Crippen LogP contribution < -0.4 is 9.64 Å². The molecule has 0 aromatic heterocycles. The molecule has 256 valence electrons. The van der Waals surface area contributed by atoms with Crippen LogP contribution in [0.15, 0.2) is 78.9 Å². The van der Waals surface area contributed by atoms with Crippen LogP contribution in [0.5, 0.6) is 5.75 Å². The first-order chi connectivity index (χ1) is 22.8. The number of aliphatic hydroxyl groups is 1. The summed E-state index contributed by atoms with van der Waals surface area (Å²) < 4.78 is 12.5. The molecule has 1 unspecified atom stereocenters. The summed E-state index contributed by atoms with van der Waals surface area (Å²) in [7, 11) is 0. The highest BCUT2D eigenvalue weighted by Crippen LogP contribution is 2.55. The van der Waals surface area contributed by atoms with Crippen LogP contribution in [-0.2, 0) is 25.5 Å². The first-order valence-electron chi connectivity index (χ1n) is 17.2. The van der Waals surface area contributed by atoms with Crippen molar-refractivity contribution in [2.24, 2.45) is 17.3 Å². The average Bonchev–Trinajstić information content (AvgIpc) is 3.34. The molecule has 1 spiro atoms. The lowest BCUT2D eigenvalue weighted by atomic mass is 9.77. The summed E-state index contributed by atoms with van der Waals surface area (Å²) >= 11 is 0. The number of likely N-dealkylation sites (tertiary alicyclic amines) is 1. The van der Waals surface area contributed by atoms with E-state index in [9.17, 15) is 14.7 Å². The van der Waals surface area contributed by atoms with Crippen molar-refractivity contribution in [3.63, 3.8) is 0 Å². The van der Waals surface area contributed by atoms with E-state index in [0.717, 1.165) is 12.0 Å². The maximum absolute atomic E-state index is 15.1. The van der Waals surface area contributed by atoms with Gasteiger partial charge < -0.3 is 29.3 Å². The topological polar surface area (TPSA) is 99.6 Å². The number of hydrogen-bond donors (Lipinski definition) is 1. The zero-order valence-corrected chi connectivity index (χ0v) is 29.0. The Morgan fingerprint density at radius 3 is 2.29 bits per heavy atom. The molecule has 3 amide bonds. The third-order valence-corrected chi connectivity index (χ3v) is 10.2. The van der Waals surface area contributed by atoms with E-state index in [1.165, 1.54) is 0 Å². The van der Waals surface area contributed by atoms with Gasteiger partial charge in [0.05, 0.1) is 37.2 Å². The summed E-state index contributed by atoms with van der Waals surface area (Å²) in [6.45, 7) is 13.4. The van der Waals surface area contributed by atoms with E-state index in [0.29, 0.717) is 37.6 Å². The van der Waals surface area contributed by atoms with Gasteiger partial charge in [-0.15, -0.1) is 0 Å². The van der Waals surface area contributed by atoms with Crippen molar-refractivity contribution in [3.8, 4) is 5.75 Å². The van der Waals surface area contributed by atoms with Crippen LogP contribution in [0.2, 0.25) is 0 Å². The number of anilines is 1. The number of benzene rings is 2. The molecule has 9 heteroatoms. The van der Waals surface area contributed by atoms with Gasteiger partial charge >= 0.3 is 0 Å². The lowest BCUT2D eigenvalue weighted by molar-refractivity contribution is -0.154. The highest BCUT2D eigenvalue weighted by atomic mass is 16.5. The summed E-state index contributed by atoms with van der Waals surface area (Å²) in [5, 5.41) is 10.9. The number of rotatable bonds is 9. The van der Waals surface area contributed by atoms with Crippen LogP contribution in [0.3, 0.4) is 0 Å². The molecule has 6 atom stereocenters. The van der Waals surface area contributed by atoms with Gasteiger partial charge in [-0.3, -0.25) is 14.4 Å². The van der Waals surface area contributed by atoms with E-state index in [1.807, 2.05) is 90.7 Å². The monoisotopic (exact) mass is 655 g/mol. The molecule has 0 bridgehead atoms. The predicted molar refractivity (Wildman–Crippen MR) is 184 cm³/mol. The van der Waals surface area contributed by atoms with Gasteiger partial charge in [0.15, 0.2) is 0 Å². The Morgan fingerprint density at radius 1 is 0.938 bits per heavy atom. The molecule has 0 aliphatic carbocycles. The van der Waals surface area contributed by atoms with Crippen LogP contribution in [0.25, 0.3) is 0 Å². The second-order valence-electron chi connectivity index (χ2n) is 15.3. The second kappa shape index (κ2) is 12.8. The van der Waals surface area contributed by atoms with Crippen molar-refractivity contribution in [2.75, 3.05) is 31.2 Å². The number of carbonyl (C=O) groups is 3. The number of hydrogen-bond acceptors (Lipinski definition) is 6. The molecule has 6 rings (SSSR count). The normalized spacial score (nSPS) is 27.8. The standard InChI is InChI=1S/C39H49N3O6/c1-7-47-29-18-16-27(17-19-29)40-21-11-15-30-31(34(40)44)32-35(45)42(28(24-43)23-26-13-9-8-10-14-26)33-36(46)41(22-12-20-39(32,33)48-30)38(5,6)25-37(2,3)4/h8-20,28,30-33,43H,7,21-25H2,1-6H3/t28-,30-,31+,32+,33?,39+/m1/s1. The van der Waals surface area contributed by atoms with Crippen LogP contribution in [0.1, 0.15) is 53.5 Å². The molecule has 0 saturated carbocycles. The molecule has 48 heavy (non-hydrogen) atoms. The van der Waals surface area contributed by atoms with Crippen molar-refractivity contribution in [1.82, 2.24) is 9.80 Å². The number of carbonyl (C=O) groups excluding carboxylic acids is 3. The number of aliphatic hydroxyl groups excluding tert-OH is 1. The van der Waals surface area contributed by atoms with E-state index in [1.54, 1.807) is 9.80 Å². The molecule has 4 aliphatic heterocycles. The van der Waals surface area contributed by atoms with Gasteiger partial charge in [0.1, 0.15) is 17.4 Å². The third kappa shape index (κ3) is 5.96. The number of fused-ring (bicyclic) bond motifs is 2. The van der Waals surface area contributed by atoms with Crippen molar-refractivity contribution in [2.45, 2.75) is 83.7 Å². The first-order valence-corrected chi connectivity index (χ1v) is 17.2. The molecule has 2 aromatic rings. The fourth-order valence-corrected chi connectivity index (χ4v) is 8.67. The van der Waals surface area contributed by atoms with Gasteiger partial charge in [-0.1, -0.05) is 75.4 Å². The summed E-state index contributed by atoms with van der Waals surface area (Å²) in [6, 6.07) is 15.3. The van der Waals surface area contributed by atoms with Gasteiger partial charge in [-0.2, -0.15) is 0 Å². The molecule has 9 nitrogen and oxygen atoms in total. The number of ether oxygens (including phenoxy) is 2. The minimum absolute atomic E-state index is 0.0647. The van der Waals surface area contributed by atoms with Gasteiger partial charge in [0, 0.05) is 24.3 Å². The minimum Gasteiger partial charge on any atom is -0.494 e. The number of nitrogens with zero attached hydrogens (tertiary/aromatic N) is 3. The summed E-state index contributed by atoms with van der Waals surface area (Å²) in [6.07, 6.45) is 7.97. The zero-order valence-electron chi connectivity index (χ0n) is 29.0. The fraction of sp³-hybridized carbons (Fsp3) is 0.513. The maximum atomic E-state index is 15.1. The van der Waals surface area contributed by atoms with Crippen molar-refractivity contribution in [3.05, 3.63) is 84.5 Å². The zero-order chi connectivity index (χ0) is 34.4. The molecule has 0 radical (unpaired) electrons. The third-order valence-electron chi connectivity index (χ3n) is 10.2. The summed E-state index contributed by atoms with van der Waals surface area (Å²) in [5.41, 5.74) is -0.374. The van der Waals surface area contributed by atoms with E-state index in [2.05, 4.69) is 34.6 Å². The number of amides is 3. The minimum atomic E-state index is -1.39. The van der Waals surface area contributed by atoms with E-state index < -0.39 is 41.2 Å². The Morgan fingerprint density at radius 2 is 1.65 bits per heavy atom. The Kier molecular flexibility index (Phi) is 9.06. The Labute approximate surface area is 284 Å². The lowest BCUT2D eigenvalue weighted by Crippen LogP contribution is -2.62. The molecule has 2 saturated heterocycles. The summed E-state index contributed by atoms with van der Waals surface area (Å²) in [4.78, 5) is 49.7. The Bertz CT molecular complexity index is 1580. The van der Waals surface area contributed by atoms with E-state index in [4.69, 9.17) is 9.47 Å². The van der Waals surface area contributed by atoms with Crippen LogP contribution >= 0.6 is 0 Å². The quantitative estimate of drug-likeness (QED) is 0.391. The Balaban J connectivity index is 1.44.